The summed E-state index contributed by atoms with van der Waals surface area (Å²) >= 11 is 0. The lowest BCUT2D eigenvalue weighted by atomic mass is 9.99. The maximum Gasteiger partial charge on any atom is 0.335 e. The third-order valence-electron chi connectivity index (χ3n) is 9.81. The normalized spacial score (nSPS) is 20.4. The molecule has 11 heteroatoms. The van der Waals surface area contributed by atoms with Gasteiger partial charge in [-0.3, -0.25) is 9.59 Å². The van der Waals surface area contributed by atoms with Crippen molar-refractivity contribution in [2.24, 2.45) is 0 Å². The highest BCUT2D eigenvalue weighted by molar-refractivity contribution is 5.73. The van der Waals surface area contributed by atoms with Crippen molar-refractivity contribution < 1.29 is 53.8 Å². The summed E-state index contributed by atoms with van der Waals surface area (Å²) in [6, 6.07) is 0. The summed E-state index contributed by atoms with van der Waals surface area (Å²) in [5, 5.41) is 39.9. The van der Waals surface area contributed by atoms with Gasteiger partial charge in [0.25, 0.3) is 0 Å². The van der Waals surface area contributed by atoms with Gasteiger partial charge in [0, 0.05) is 12.8 Å². The number of unbranched alkanes of at least 4 members (excludes halogenated alkanes) is 6. The SMILES string of the molecule is CC/C=C\C/C=C\C/C=C\C/C=C\C/C=C\CCCCCC(=O)OCC(COC1OC(C(=O)O)C(O)C(O)C1O)OC(=O)CCCCC/C=C\C/C=C\C/C=C\C/C=C\C/C=C\CC. The summed E-state index contributed by atoms with van der Waals surface area (Å²) in [5.74, 6) is -2.55. The van der Waals surface area contributed by atoms with Gasteiger partial charge >= 0.3 is 17.9 Å². The largest absolute Gasteiger partial charge is 0.479 e. The molecule has 1 aliphatic heterocycles. The first-order valence-electron chi connectivity index (χ1n) is 23.6. The molecule has 0 saturated carbocycles. The highest BCUT2D eigenvalue weighted by Crippen LogP contribution is 2.23. The van der Waals surface area contributed by atoms with Crippen molar-refractivity contribution in [1.29, 1.82) is 0 Å². The molecule has 0 bridgehead atoms. The highest BCUT2D eigenvalue weighted by atomic mass is 16.7. The maximum absolute atomic E-state index is 12.8. The van der Waals surface area contributed by atoms with Crippen LogP contribution in [0, 0.1) is 0 Å². The predicted molar refractivity (Wildman–Crippen MR) is 256 cm³/mol. The Labute approximate surface area is 384 Å². The van der Waals surface area contributed by atoms with Crippen LogP contribution in [0.2, 0.25) is 0 Å². The molecule has 1 heterocycles. The van der Waals surface area contributed by atoms with E-state index in [1.807, 2.05) is 0 Å². The second-order valence-corrected chi connectivity index (χ2v) is 15.5. The number of carboxylic acid groups (broad SMARTS) is 1. The number of hydrogen-bond donors (Lipinski definition) is 4. The van der Waals surface area contributed by atoms with Gasteiger partial charge in [-0.25, -0.2) is 4.79 Å². The maximum atomic E-state index is 12.8. The van der Waals surface area contributed by atoms with Gasteiger partial charge in [0.05, 0.1) is 6.61 Å². The Morgan fingerprint density at radius 3 is 1.28 bits per heavy atom. The molecular weight excluding hydrogens is 813 g/mol. The van der Waals surface area contributed by atoms with E-state index in [0.717, 1.165) is 103 Å². The molecule has 0 spiro atoms. The van der Waals surface area contributed by atoms with Crippen molar-refractivity contribution in [3.8, 4) is 0 Å². The Hall–Kier alpha value is -4.39. The van der Waals surface area contributed by atoms with E-state index in [4.69, 9.17) is 18.9 Å². The highest BCUT2D eigenvalue weighted by Gasteiger charge is 2.47. The number of carbonyl (C=O) groups is 3. The summed E-state index contributed by atoms with van der Waals surface area (Å²) in [6.45, 7) is 3.51. The first-order chi connectivity index (χ1) is 31.2. The van der Waals surface area contributed by atoms with E-state index in [-0.39, 0.29) is 19.4 Å². The number of aliphatic carboxylic acids is 1. The van der Waals surface area contributed by atoms with Gasteiger partial charge in [0.15, 0.2) is 18.5 Å². The van der Waals surface area contributed by atoms with Crippen LogP contribution in [0.5, 0.6) is 0 Å². The number of hydrogen-bond acceptors (Lipinski definition) is 10. The molecule has 0 aliphatic carbocycles. The number of aliphatic hydroxyl groups is 3. The van der Waals surface area contributed by atoms with Gasteiger partial charge < -0.3 is 39.4 Å². The Kier molecular flexibility index (Phi) is 37.2. The molecule has 0 radical (unpaired) electrons. The van der Waals surface area contributed by atoms with Crippen LogP contribution >= 0.6 is 0 Å². The first-order valence-corrected chi connectivity index (χ1v) is 23.6. The molecule has 6 atom stereocenters. The molecule has 1 rings (SSSR count). The van der Waals surface area contributed by atoms with Gasteiger partial charge in [-0.15, -0.1) is 0 Å². The van der Waals surface area contributed by atoms with Crippen LogP contribution in [-0.2, 0) is 33.3 Å². The summed E-state index contributed by atoms with van der Waals surface area (Å²) < 4.78 is 21.7. The summed E-state index contributed by atoms with van der Waals surface area (Å²) in [4.78, 5) is 36.9. The van der Waals surface area contributed by atoms with Crippen LogP contribution in [0.25, 0.3) is 0 Å². The number of esters is 2. The van der Waals surface area contributed by atoms with Crippen molar-refractivity contribution in [2.75, 3.05) is 13.2 Å². The quantitative estimate of drug-likeness (QED) is 0.0266. The Balaban J connectivity index is 2.42. The lowest BCUT2D eigenvalue weighted by Gasteiger charge is -2.38. The topological polar surface area (TPSA) is 169 Å². The van der Waals surface area contributed by atoms with E-state index < -0.39 is 61.3 Å². The molecule has 6 unspecified atom stereocenters. The fraction of sp³-hybridized carbons (Fsp3) is 0.566. The van der Waals surface area contributed by atoms with Crippen molar-refractivity contribution in [2.45, 2.75) is 179 Å². The van der Waals surface area contributed by atoms with Crippen molar-refractivity contribution >= 4 is 17.9 Å². The van der Waals surface area contributed by atoms with E-state index in [9.17, 15) is 34.8 Å². The molecule has 0 amide bonds. The van der Waals surface area contributed by atoms with Crippen LogP contribution in [0.4, 0.5) is 0 Å². The Bertz CT molecular complexity index is 1520. The molecule has 0 aromatic heterocycles. The van der Waals surface area contributed by atoms with Crippen molar-refractivity contribution in [1.82, 2.24) is 0 Å². The average Bonchev–Trinajstić information content (AvgIpc) is 3.28. The first kappa shape index (κ1) is 57.6. The van der Waals surface area contributed by atoms with Crippen LogP contribution < -0.4 is 0 Å². The third kappa shape index (κ3) is 32.3. The second-order valence-electron chi connectivity index (χ2n) is 15.5. The third-order valence-corrected chi connectivity index (χ3v) is 9.81. The molecular formula is C53H80O11. The van der Waals surface area contributed by atoms with Crippen LogP contribution in [0.15, 0.2) is 122 Å². The van der Waals surface area contributed by atoms with Crippen molar-refractivity contribution in [3.63, 3.8) is 0 Å². The van der Waals surface area contributed by atoms with Gasteiger partial charge in [0.1, 0.15) is 24.9 Å². The number of rotatable bonds is 37. The predicted octanol–water partition coefficient (Wildman–Crippen LogP) is 10.8. The molecule has 1 aliphatic rings. The number of carbonyl (C=O) groups excluding carboxylic acids is 2. The van der Waals surface area contributed by atoms with Gasteiger partial charge in [-0.05, 0) is 103 Å². The number of ether oxygens (including phenoxy) is 4. The lowest BCUT2D eigenvalue weighted by molar-refractivity contribution is -0.298. The fourth-order valence-electron chi connectivity index (χ4n) is 6.16. The van der Waals surface area contributed by atoms with E-state index in [2.05, 4.69) is 135 Å². The number of carboxylic acids is 1. The zero-order valence-corrected chi connectivity index (χ0v) is 38.7. The second kappa shape index (κ2) is 41.3. The van der Waals surface area contributed by atoms with E-state index >= 15 is 0 Å². The molecule has 4 N–H and O–H groups in total. The lowest BCUT2D eigenvalue weighted by Crippen LogP contribution is -2.60. The summed E-state index contributed by atoms with van der Waals surface area (Å²) in [7, 11) is 0. The summed E-state index contributed by atoms with van der Waals surface area (Å²) in [6.07, 6.45) is 49.6. The van der Waals surface area contributed by atoms with Gasteiger partial charge in [0.2, 0.25) is 0 Å². The minimum atomic E-state index is -1.88. The molecule has 64 heavy (non-hydrogen) atoms. The summed E-state index contributed by atoms with van der Waals surface area (Å²) in [5.41, 5.74) is 0. The van der Waals surface area contributed by atoms with Gasteiger partial charge in [-0.2, -0.15) is 0 Å². The smallest absolute Gasteiger partial charge is 0.335 e. The van der Waals surface area contributed by atoms with Crippen LogP contribution in [0.3, 0.4) is 0 Å². The fourth-order valence-corrected chi connectivity index (χ4v) is 6.16. The van der Waals surface area contributed by atoms with Crippen molar-refractivity contribution in [3.05, 3.63) is 122 Å². The molecule has 11 nitrogen and oxygen atoms in total. The molecule has 0 aromatic rings. The van der Waals surface area contributed by atoms with E-state index in [1.165, 1.54) is 0 Å². The zero-order valence-electron chi connectivity index (χ0n) is 38.7. The standard InChI is InChI=1S/C53H80O11/c1-3-5-7-9-11-13-15-17-19-21-23-25-27-29-31-33-35-37-39-41-46(54)61-43-45(44-62-53-50(58)48(56)49(57)51(64-53)52(59)60)63-47(55)42-40-38-36-34-32-30-28-26-24-22-20-18-16-14-12-10-8-6-4-2/h5-8,11-14,17-20,23-26,29-32,45,48-51,53,56-58H,3-4,9-10,15-16,21-22,27-28,33-44H2,1-2H3,(H,59,60)/b7-5-,8-6-,13-11-,14-12-,19-17-,20-18-,25-23-,26-24-,31-29-,32-30-. The minimum absolute atomic E-state index is 0.128. The number of aliphatic hydroxyl groups excluding tert-OH is 3. The molecule has 0 aromatic carbocycles. The monoisotopic (exact) mass is 893 g/mol. The van der Waals surface area contributed by atoms with E-state index in [1.54, 1.807) is 0 Å². The molecule has 358 valence electrons. The molecule has 1 saturated heterocycles. The Morgan fingerprint density at radius 2 is 0.875 bits per heavy atom. The Morgan fingerprint density at radius 1 is 0.484 bits per heavy atom. The van der Waals surface area contributed by atoms with Gasteiger partial charge in [-0.1, -0.05) is 148 Å². The van der Waals surface area contributed by atoms with Crippen LogP contribution in [0.1, 0.15) is 142 Å². The minimum Gasteiger partial charge on any atom is -0.479 e. The van der Waals surface area contributed by atoms with Crippen LogP contribution in [-0.4, -0.2) is 88.4 Å². The zero-order chi connectivity index (χ0) is 46.7. The van der Waals surface area contributed by atoms with E-state index in [0.29, 0.717) is 12.8 Å². The molecule has 1 fully saturated rings. The average molecular weight is 893 g/mol. The number of allylic oxidation sites excluding steroid dienone is 20.